The van der Waals surface area contributed by atoms with Gasteiger partial charge >= 0.3 is 5.97 Å². The number of carbonyl (C=O) groups excluding carboxylic acids is 3. The van der Waals surface area contributed by atoms with Crippen molar-refractivity contribution >= 4 is 35.1 Å². The zero-order chi connectivity index (χ0) is 32.0. The van der Waals surface area contributed by atoms with Crippen LogP contribution in [0, 0.1) is 10.1 Å². The number of hydrogen-bond acceptors (Lipinski definition) is 13. The van der Waals surface area contributed by atoms with E-state index >= 15 is 0 Å². The minimum atomic E-state index is -0.950. The summed E-state index contributed by atoms with van der Waals surface area (Å²) in [6.07, 6.45) is 4.45. The van der Waals surface area contributed by atoms with E-state index in [-0.39, 0.29) is 73.4 Å². The fourth-order valence-electron chi connectivity index (χ4n) is 4.08. The number of esters is 1. The van der Waals surface area contributed by atoms with Gasteiger partial charge in [0, 0.05) is 49.5 Å². The predicted octanol–water partition coefficient (Wildman–Crippen LogP) is 2.91. The van der Waals surface area contributed by atoms with Gasteiger partial charge in [0.1, 0.15) is 11.8 Å². The van der Waals surface area contributed by atoms with Gasteiger partial charge in [0.15, 0.2) is 18.3 Å². The van der Waals surface area contributed by atoms with Crippen LogP contribution < -0.4 is 20.5 Å². The number of ether oxygens (including phenoxy) is 6. The van der Waals surface area contributed by atoms with Crippen molar-refractivity contribution in [2.24, 2.45) is 5.73 Å². The molecule has 0 spiro atoms. The van der Waals surface area contributed by atoms with Crippen LogP contribution in [0.5, 0.6) is 11.5 Å². The molecule has 15 heteroatoms. The van der Waals surface area contributed by atoms with E-state index in [1.54, 1.807) is 0 Å². The summed E-state index contributed by atoms with van der Waals surface area (Å²) < 4.78 is 33.1. The maximum absolute atomic E-state index is 12.4. The third-order valence-electron chi connectivity index (χ3n) is 6.44. The second kappa shape index (κ2) is 22.5. The molecule has 1 atom stereocenters. The number of nitro groups is 1. The number of nitrogens with two attached hydrogens (primary N) is 1. The van der Waals surface area contributed by atoms with E-state index in [1.165, 1.54) is 31.0 Å². The molecule has 0 saturated carbocycles. The van der Waals surface area contributed by atoms with Crippen LogP contribution in [-0.2, 0) is 39.1 Å². The lowest BCUT2D eigenvalue weighted by atomic mass is 10.1. The molecule has 0 radical (unpaired) electrons. The highest BCUT2D eigenvalue weighted by molar-refractivity contribution is 7.98. The third-order valence-corrected chi connectivity index (χ3v) is 7.53. The highest BCUT2D eigenvalue weighted by Crippen LogP contribution is 2.37. The lowest BCUT2D eigenvalue weighted by molar-refractivity contribution is -0.385. The SMILES string of the molecule is COC(=O)C1CSCc2cc(OCCCC(=O)CCCN)c(cc2[N+](=O)[O-])OCOCCOCCCCCOCCC(=O)N1. The first-order valence-electron chi connectivity index (χ1n) is 14.8. The van der Waals surface area contributed by atoms with Crippen molar-refractivity contribution in [2.75, 3.05) is 65.8 Å². The number of nitrogens with one attached hydrogen (secondary N) is 1. The molecule has 0 fully saturated rings. The molecule has 0 saturated heterocycles. The fourth-order valence-corrected chi connectivity index (χ4v) is 5.10. The number of hydrogen-bond donors (Lipinski definition) is 2. The molecule has 248 valence electrons. The third kappa shape index (κ3) is 15.1. The molecule has 44 heavy (non-hydrogen) atoms. The number of rotatable bonds is 10. The van der Waals surface area contributed by atoms with Crippen molar-refractivity contribution in [1.29, 1.82) is 0 Å². The molecule has 2 bridgehead atoms. The molecule has 3 rings (SSSR count). The number of nitrogens with zero attached hydrogens (tertiary/aromatic N) is 1. The van der Waals surface area contributed by atoms with Gasteiger partial charge in [-0.15, -0.1) is 0 Å². The number of fused-ring (bicyclic) bond motifs is 21. The molecule has 2 aliphatic rings. The summed E-state index contributed by atoms with van der Waals surface area (Å²) >= 11 is 1.21. The van der Waals surface area contributed by atoms with Crippen LogP contribution in [0.1, 0.15) is 56.9 Å². The number of thioether (sulfide) groups is 1. The highest BCUT2D eigenvalue weighted by Gasteiger charge is 2.24. The van der Waals surface area contributed by atoms with Crippen molar-refractivity contribution < 1.29 is 47.7 Å². The van der Waals surface area contributed by atoms with Crippen molar-refractivity contribution in [3.63, 3.8) is 0 Å². The van der Waals surface area contributed by atoms with E-state index in [1.807, 2.05) is 0 Å². The zero-order valence-corrected chi connectivity index (χ0v) is 26.2. The largest absolute Gasteiger partial charge is 0.490 e. The van der Waals surface area contributed by atoms with E-state index < -0.39 is 16.9 Å². The van der Waals surface area contributed by atoms with Crippen LogP contribution in [-0.4, -0.2) is 94.5 Å². The first-order chi connectivity index (χ1) is 21.3. The molecule has 1 unspecified atom stereocenters. The normalized spacial score (nSPS) is 18.3. The number of amides is 1. The van der Waals surface area contributed by atoms with Gasteiger partial charge in [0.05, 0.1) is 44.5 Å². The van der Waals surface area contributed by atoms with Crippen LogP contribution in [0.4, 0.5) is 5.69 Å². The van der Waals surface area contributed by atoms with Gasteiger partial charge in [0.25, 0.3) is 5.69 Å². The average molecular weight is 644 g/mol. The van der Waals surface area contributed by atoms with Crippen LogP contribution in [0.15, 0.2) is 12.1 Å². The monoisotopic (exact) mass is 643 g/mol. The van der Waals surface area contributed by atoms with Crippen molar-refractivity contribution in [3.8, 4) is 11.5 Å². The number of carbonyl (C=O) groups is 3. The second-order valence-electron chi connectivity index (χ2n) is 9.93. The van der Waals surface area contributed by atoms with Gasteiger partial charge in [-0.2, -0.15) is 11.8 Å². The summed E-state index contributed by atoms with van der Waals surface area (Å²) in [4.78, 5) is 48.2. The fraction of sp³-hybridized carbons (Fsp3) is 0.690. The number of Topliss-reactive ketones (excluding diaryl/α,β-unsaturated/α-hetero) is 1. The molecule has 2 heterocycles. The molecular formula is C29H45N3O11S. The van der Waals surface area contributed by atoms with E-state index in [0.717, 1.165) is 19.3 Å². The molecule has 0 aliphatic carbocycles. The topological polar surface area (TPSA) is 188 Å². The summed E-state index contributed by atoms with van der Waals surface area (Å²) in [5, 5.41) is 14.6. The maximum atomic E-state index is 12.4. The van der Waals surface area contributed by atoms with Gasteiger partial charge in [0.2, 0.25) is 5.91 Å². The molecule has 0 aromatic heterocycles. The van der Waals surface area contributed by atoms with Gasteiger partial charge in [-0.3, -0.25) is 19.7 Å². The number of ketones is 1. The molecular weight excluding hydrogens is 598 g/mol. The lowest BCUT2D eigenvalue weighted by Gasteiger charge is -2.17. The Morgan fingerprint density at radius 3 is 2.52 bits per heavy atom. The van der Waals surface area contributed by atoms with E-state index in [9.17, 15) is 24.5 Å². The second-order valence-corrected chi connectivity index (χ2v) is 11.0. The Kier molecular flexibility index (Phi) is 19.0. The predicted molar refractivity (Wildman–Crippen MR) is 163 cm³/mol. The van der Waals surface area contributed by atoms with Gasteiger partial charge in [-0.1, -0.05) is 0 Å². The summed E-state index contributed by atoms with van der Waals surface area (Å²) in [5.41, 5.74) is 5.59. The first-order valence-corrected chi connectivity index (χ1v) is 16.0. The molecule has 2 aliphatic heterocycles. The number of methoxy groups -OCH3 is 1. The van der Waals surface area contributed by atoms with Crippen molar-refractivity contribution in [3.05, 3.63) is 27.8 Å². The first kappa shape index (κ1) is 37.2. The van der Waals surface area contributed by atoms with Crippen LogP contribution in [0.3, 0.4) is 0 Å². The quantitative estimate of drug-likeness (QED) is 0.164. The molecule has 3 N–H and O–H groups in total. The van der Waals surface area contributed by atoms with E-state index in [4.69, 9.17) is 34.2 Å². The van der Waals surface area contributed by atoms with Gasteiger partial charge < -0.3 is 39.5 Å². The molecule has 1 amide bonds. The Hall–Kier alpha value is -2.98. The summed E-state index contributed by atoms with van der Waals surface area (Å²) in [6, 6.07) is 1.84. The Morgan fingerprint density at radius 2 is 1.80 bits per heavy atom. The Bertz CT molecular complexity index is 1040. The van der Waals surface area contributed by atoms with Crippen molar-refractivity contribution in [2.45, 2.75) is 63.2 Å². The van der Waals surface area contributed by atoms with Crippen LogP contribution in [0.25, 0.3) is 0 Å². The smallest absolute Gasteiger partial charge is 0.329 e. The van der Waals surface area contributed by atoms with Gasteiger partial charge in [-0.25, -0.2) is 4.79 Å². The Balaban J connectivity index is 2.19. The molecule has 14 nitrogen and oxygen atoms in total. The number of nitro benzene ring substituents is 1. The van der Waals surface area contributed by atoms with Crippen LogP contribution >= 0.6 is 11.8 Å². The molecule has 1 aromatic carbocycles. The van der Waals surface area contributed by atoms with Gasteiger partial charge in [-0.05, 0) is 44.7 Å². The summed E-state index contributed by atoms with van der Waals surface area (Å²) in [5.74, 6) is -0.278. The minimum absolute atomic E-state index is 0.0769. The van der Waals surface area contributed by atoms with Crippen molar-refractivity contribution in [1.82, 2.24) is 5.32 Å². The molecule has 1 aromatic rings. The maximum Gasteiger partial charge on any atom is 0.329 e. The Morgan fingerprint density at radius 1 is 1.07 bits per heavy atom. The summed E-state index contributed by atoms with van der Waals surface area (Å²) in [7, 11) is 1.22. The standard InChI is InChI=1S/C29H45N3O11S/c1-38-29(35)24-20-44-19-22-17-26(42-13-6-8-23(33)7-5-10-30)27(18-25(22)32(36)37)43-21-41-16-15-40-12-4-2-3-11-39-14-9-28(34)31-24/h17-18,24H,2-16,19-21,30H2,1H3,(H,31,34). The zero-order valence-electron chi connectivity index (χ0n) is 25.4. The number of benzene rings is 1. The minimum Gasteiger partial charge on any atom is -0.490 e. The average Bonchev–Trinajstić information content (AvgIpc) is 3.01. The van der Waals surface area contributed by atoms with Crippen LogP contribution in [0.2, 0.25) is 0 Å². The summed E-state index contributed by atoms with van der Waals surface area (Å²) in [6.45, 7) is 2.36. The highest BCUT2D eigenvalue weighted by atomic mass is 32.2. The van der Waals surface area contributed by atoms with E-state index in [0.29, 0.717) is 57.6 Å². The van der Waals surface area contributed by atoms with E-state index in [2.05, 4.69) is 5.32 Å². The Labute approximate surface area is 262 Å². The lowest BCUT2D eigenvalue weighted by Crippen LogP contribution is -2.43.